The first-order valence-electron chi connectivity index (χ1n) is 3.84. The summed E-state index contributed by atoms with van der Waals surface area (Å²) in [5.41, 5.74) is 5.02. The number of carbonyl (C=O) groups is 2. The number of nitrogens with one attached hydrogen (secondary N) is 1. The van der Waals surface area contributed by atoms with Crippen molar-refractivity contribution in [3.8, 4) is 0 Å². The van der Waals surface area contributed by atoms with E-state index in [1.165, 1.54) is 6.20 Å². The standard InChI is InChI=1S/C8H14N2O2/c1-3-5-6(7(9)11)8(12)10-4-2/h4,6H,2-3,5H2,1H3,(H2,9,11)(H,10,12). The minimum Gasteiger partial charge on any atom is -0.369 e. The lowest BCUT2D eigenvalue weighted by atomic mass is 10.0. The predicted octanol–water partition coefficient (Wildman–Crippen LogP) is 0.148. The highest BCUT2D eigenvalue weighted by molar-refractivity contribution is 5.99. The number of hydrogen-bond acceptors (Lipinski definition) is 2. The Morgan fingerprint density at radius 1 is 1.67 bits per heavy atom. The van der Waals surface area contributed by atoms with Crippen molar-refractivity contribution in [1.82, 2.24) is 5.32 Å². The second kappa shape index (κ2) is 5.35. The van der Waals surface area contributed by atoms with Gasteiger partial charge in [0.25, 0.3) is 0 Å². The Labute approximate surface area is 71.8 Å². The average molecular weight is 170 g/mol. The Balaban J connectivity index is 4.18. The Bertz CT molecular complexity index is 189. The molecule has 0 aromatic carbocycles. The number of amides is 2. The van der Waals surface area contributed by atoms with Crippen molar-refractivity contribution < 1.29 is 9.59 Å². The van der Waals surface area contributed by atoms with Crippen LogP contribution in [0.25, 0.3) is 0 Å². The normalized spacial score (nSPS) is 11.8. The van der Waals surface area contributed by atoms with Crippen molar-refractivity contribution in [3.63, 3.8) is 0 Å². The van der Waals surface area contributed by atoms with Crippen molar-refractivity contribution in [3.05, 3.63) is 12.8 Å². The molecule has 0 saturated carbocycles. The maximum absolute atomic E-state index is 11.1. The second-order valence-corrected chi connectivity index (χ2v) is 2.46. The van der Waals surface area contributed by atoms with Gasteiger partial charge in [-0.05, 0) is 12.6 Å². The van der Waals surface area contributed by atoms with Crippen molar-refractivity contribution in [2.75, 3.05) is 0 Å². The molecule has 0 rings (SSSR count). The summed E-state index contributed by atoms with van der Waals surface area (Å²) >= 11 is 0. The predicted molar refractivity (Wildman–Crippen MR) is 45.9 cm³/mol. The molecule has 1 unspecified atom stereocenters. The molecule has 12 heavy (non-hydrogen) atoms. The van der Waals surface area contributed by atoms with E-state index >= 15 is 0 Å². The summed E-state index contributed by atoms with van der Waals surface area (Å²) in [5, 5.41) is 2.34. The summed E-state index contributed by atoms with van der Waals surface area (Å²) in [6, 6.07) is 0. The molecule has 4 nitrogen and oxygen atoms in total. The van der Waals surface area contributed by atoms with E-state index in [-0.39, 0.29) is 5.91 Å². The maximum Gasteiger partial charge on any atom is 0.236 e. The number of carbonyl (C=O) groups excluding carboxylic acids is 2. The van der Waals surface area contributed by atoms with Gasteiger partial charge in [0.1, 0.15) is 5.92 Å². The van der Waals surface area contributed by atoms with Crippen molar-refractivity contribution >= 4 is 11.8 Å². The largest absolute Gasteiger partial charge is 0.369 e. The Morgan fingerprint density at radius 3 is 2.58 bits per heavy atom. The van der Waals surface area contributed by atoms with Gasteiger partial charge in [-0.1, -0.05) is 19.9 Å². The molecule has 0 aliphatic heterocycles. The van der Waals surface area contributed by atoms with Gasteiger partial charge in [-0.15, -0.1) is 0 Å². The van der Waals surface area contributed by atoms with Crippen LogP contribution >= 0.6 is 0 Å². The lowest BCUT2D eigenvalue weighted by Gasteiger charge is -2.09. The summed E-state index contributed by atoms with van der Waals surface area (Å²) in [5.74, 6) is -1.69. The first-order chi connectivity index (χ1) is 5.63. The number of nitrogens with two attached hydrogens (primary N) is 1. The quantitative estimate of drug-likeness (QED) is 0.576. The molecule has 4 heteroatoms. The van der Waals surface area contributed by atoms with Crippen LogP contribution in [0.4, 0.5) is 0 Å². The van der Waals surface area contributed by atoms with Crippen LogP contribution in [0.3, 0.4) is 0 Å². The number of rotatable bonds is 5. The van der Waals surface area contributed by atoms with Gasteiger partial charge >= 0.3 is 0 Å². The van der Waals surface area contributed by atoms with E-state index < -0.39 is 11.8 Å². The van der Waals surface area contributed by atoms with Crippen LogP contribution in [0.15, 0.2) is 12.8 Å². The zero-order chi connectivity index (χ0) is 9.56. The molecule has 1 atom stereocenters. The van der Waals surface area contributed by atoms with E-state index in [0.29, 0.717) is 6.42 Å². The smallest absolute Gasteiger partial charge is 0.236 e. The van der Waals surface area contributed by atoms with E-state index in [0.717, 1.165) is 6.42 Å². The van der Waals surface area contributed by atoms with Crippen molar-refractivity contribution in [2.45, 2.75) is 19.8 Å². The van der Waals surface area contributed by atoms with Gasteiger partial charge in [-0.3, -0.25) is 9.59 Å². The highest BCUT2D eigenvalue weighted by Crippen LogP contribution is 2.05. The SMILES string of the molecule is C=CNC(=O)C(CCC)C(N)=O. The average Bonchev–Trinajstić information content (AvgIpc) is 1.99. The first kappa shape index (κ1) is 10.7. The molecule has 0 spiro atoms. The van der Waals surface area contributed by atoms with Gasteiger partial charge in [-0.25, -0.2) is 0 Å². The third-order valence-electron chi connectivity index (χ3n) is 1.48. The van der Waals surface area contributed by atoms with E-state index in [1.807, 2.05) is 6.92 Å². The molecule has 0 heterocycles. The monoisotopic (exact) mass is 170 g/mol. The topological polar surface area (TPSA) is 72.2 Å². The summed E-state index contributed by atoms with van der Waals surface area (Å²) < 4.78 is 0. The molecular formula is C8H14N2O2. The highest BCUT2D eigenvalue weighted by Gasteiger charge is 2.21. The third-order valence-corrected chi connectivity index (χ3v) is 1.48. The number of hydrogen-bond donors (Lipinski definition) is 2. The first-order valence-corrected chi connectivity index (χ1v) is 3.84. The lowest BCUT2D eigenvalue weighted by Crippen LogP contribution is -2.36. The van der Waals surface area contributed by atoms with Crippen molar-refractivity contribution in [2.24, 2.45) is 11.7 Å². The molecule has 0 aliphatic carbocycles. The molecule has 0 fully saturated rings. The summed E-state index contributed by atoms with van der Waals surface area (Å²) in [7, 11) is 0. The van der Waals surface area contributed by atoms with Crippen LogP contribution in [0, 0.1) is 5.92 Å². The van der Waals surface area contributed by atoms with Crippen LogP contribution in [0.2, 0.25) is 0 Å². The van der Waals surface area contributed by atoms with Gasteiger partial charge in [0.2, 0.25) is 11.8 Å². The van der Waals surface area contributed by atoms with Gasteiger partial charge in [-0.2, -0.15) is 0 Å². The highest BCUT2D eigenvalue weighted by atomic mass is 16.2. The van der Waals surface area contributed by atoms with Gasteiger partial charge in [0, 0.05) is 0 Å². The molecule has 0 aromatic rings. The van der Waals surface area contributed by atoms with Crippen molar-refractivity contribution in [1.29, 1.82) is 0 Å². The Hall–Kier alpha value is -1.32. The Morgan fingerprint density at radius 2 is 2.25 bits per heavy atom. The minimum absolute atomic E-state index is 0.376. The molecule has 3 N–H and O–H groups in total. The second-order valence-electron chi connectivity index (χ2n) is 2.46. The van der Waals surface area contributed by atoms with Gasteiger partial charge < -0.3 is 11.1 Å². The molecule has 0 saturated heterocycles. The lowest BCUT2D eigenvalue weighted by molar-refractivity contribution is -0.133. The molecule has 68 valence electrons. The summed E-state index contributed by atoms with van der Waals surface area (Å²) in [6.45, 7) is 5.20. The van der Waals surface area contributed by atoms with E-state index in [2.05, 4.69) is 11.9 Å². The fraction of sp³-hybridized carbons (Fsp3) is 0.500. The van der Waals surface area contributed by atoms with Gasteiger partial charge in [0.05, 0.1) is 0 Å². The minimum atomic E-state index is -0.729. The summed E-state index contributed by atoms with van der Waals surface area (Å²) in [4.78, 5) is 21.8. The zero-order valence-electron chi connectivity index (χ0n) is 7.17. The zero-order valence-corrected chi connectivity index (χ0v) is 7.17. The van der Waals surface area contributed by atoms with E-state index in [4.69, 9.17) is 5.73 Å². The van der Waals surface area contributed by atoms with Gasteiger partial charge in [0.15, 0.2) is 0 Å². The van der Waals surface area contributed by atoms with Crippen LogP contribution in [-0.4, -0.2) is 11.8 Å². The fourth-order valence-corrected chi connectivity index (χ4v) is 0.892. The molecule has 0 radical (unpaired) electrons. The van der Waals surface area contributed by atoms with Crippen LogP contribution < -0.4 is 11.1 Å². The van der Waals surface area contributed by atoms with Crippen LogP contribution in [0.5, 0.6) is 0 Å². The van der Waals surface area contributed by atoms with E-state index in [1.54, 1.807) is 0 Å². The fourth-order valence-electron chi connectivity index (χ4n) is 0.892. The van der Waals surface area contributed by atoms with E-state index in [9.17, 15) is 9.59 Å². The molecular weight excluding hydrogens is 156 g/mol. The van der Waals surface area contributed by atoms with Crippen LogP contribution in [0.1, 0.15) is 19.8 Å². The third kappa shape index (κ3) is 3.18. The molecule has 0 bridgehead atoms. The molecule has 2 amide bonds. The van der Waals surface area contributed by atoms with Crippen LogP contribution in [-0.2, 0) is 9.59 Å². The Kier molecular flexibility index (Phi) is 4.76. The molecule has 0 aliphatic rings. The number of primary amides is 1. The molecule has 0 aromatic heterocycles. The summed E-state index contributed by atoms with van der Waals surface area (Å²) in [6.07, 6.45) is 2.47. The maximum atomic E-state index is 11.1.